The molecule has 3 amide bonds. The molecule has 2 saturated heterocycles. The lowest BCUT2D eigenvalue weighted by atomic mass is 9.98. The Morgan fingerprint density at radius 1 is 1.21 bits per heavy atom. The van der Waals surface area contributed by atoms with E-state index in [1.165, 1.54) is 39.1 Å². The van der Waals surface area contributed by atoms with Crippen molar-refractivity contribution >= 4 is 46.8 Å². The number of nitro benzene ring substituents is 1. The van der Waals surface area contributed by atoms with Crippen LogP contribution in [0.1, 0.15) is 11.1 Å². The molecule has 0 bridgehead atoms. The molecule has 0 N–H and O–H groups in total. The van der Waals surface area contributed by atoms with Crippen LogP contribution in [0, 0.1) is 10.1 Å². The molecule has 2 aromatic carbocycles. The molecule has 11 nitrogen and oxygen atoms in total. The van der Waals surface area contributed by atoms with E-state index in [-0.39, 0.29) is 50.1 Å². The van der Waals surface area contributed by atoms with Gasteiger partial charge in [-0.1, -0.05) is 47.5 Å². The van der Waals surface area contributed by atoms with Gasteiger partial charge in [0.25, 0.3) is 5.69 Å². The highest BCUT2D eigenvalue weighted by molar-refractivity contribution is 6.35. The van der Waals surface area contributed by atoms with Crippen molar-refractivity contribution in [1.82, 2.24) is 19.8 Å². The number of hydrazine groups is 1. The molecule has 0 radical (unpaired) electrons. The van der Waals surface area contributed by atoms with Crippen molar-refractivity contribution in [1.29, 1.82) is 0 Å². The van der Waals surface area contributed by atoms with E-state index in [1.807, 2.05) is 0 Å². The molecule has 13 heteroatoms. The van der Waals surface area contributed by atoms with Gasteiger partial charge >= 0.3 is 6.09 Å². The van der Waals surface area contributed by atoms with Gasteiger partial charge in [0.2, 0.25) is 11.8 Å². The third-order valence-electron chi connectivity index (χ3n) is 6.48. The second-order valence-electron chi connectivity index (χ2n) is 8.83. The number of halogens is 2. The number of piperazine rings is 1. The molecule has 2 heterocycles. The van der Waals surface area contributed by atoms with Gasteiger partial charge in [0.15, 0.2) is 0 Å². The van der Waals surface area contributed by atoms with Gasteiger partial charge in [-0.15, -0.1) is 6.58 Å². The zero-order chi connectivity index (χ0) is 27.6. The summed E-state index contributed by atoms with van der Waals surface area (Å²) in [6, 6.07) is 9.75. The maximum atomic E-state index is 13.8. The second-order valence-corrected chi connectivity index (χ2v) is 9.67. The number of carbonyl (C=O) groups is 3. The summed E-state index contributed by atoms with van der Waals surface area (Å²) in [4.78, 5) is 53.6. The number of methoxy groups -OCH3 is 1. The average Bonchev–Trinajstić information content (AvgIpc) is 2.88. The summed E-state index contributed by atoms with van der Waals surface area (Å²) in [5.41, 5.74) is 1.17. The quantitative estimate of drug-likeness (QED) is 0.288. The summed E-state index contributed by atoms with van der Waals surface area (Å²) in [6.45, 7) is 3.87. The smallest absolute Gasteiger partial charge is 0.426 e. The monoisotopic (exact) mass is 561 g/mol. The molecule has 2 fully saturated rings. The molecule has 2 atom stereocenters. The number of amides is 3. The largest absolute Gasteiger partial charge is 0.452 e. The van der Waals surface area contributed by atoms with Crippen molar-refractivity contribution in [2.45, 2.75) is 25.2 Å². The SMILES string of the molecule is C=CCN1CC(=O)N2C(CN(Cc3ccc(Cl)cc3Cl)C(=O)[C@@H]2Cc2ccc([N+](=O)[O-])cc2)N1C(=O)OC. The number of benzene rings is 2. The molecule has 0 spiro atoms. The Kier molecular flexibility index (Phi) is 8.20. The zero-order valence-corrected chi connectivity index (χ0v) is 22.0. The maximum Gasteiger partial charge on any atom is 0.426 e. The fourth-order valence-electron chi connectivity index (χ4n) is 4.74. The van der Waals surface area contributed by atoms with Crippen LogP contribution < -0.4 is 0 Å². The second kappa shape index (κ2) is 11.4. The molecular weight excluding hydrogens is 537 g/mol. The number of carbonyl (C=O) groups excluding carboxylic acids is 3. The minimum Gasteiger partial charge on any atom is -0.452 e. The van der Waals surface area contributed by atoms with Crippen LogP contribution in [-0.2, 0) is 27.3 Å². The summed E-state index contributed by atoms with van der Waals surface area (Å²) in [7, 11) is 1.24. The number of hydrogen-bond donors (Lipinski definition) is 0. The Hall–Kier alpha value is -3.67. The van der Waals surface area contributed by atoms with Gasteiger partial charge in [-0.25, -0.2) is 14.8 Å². The van der Waals surface area contributed by atoms with Crippen LogP contribution in [0.5, 0.6) is 0 Å². The van der Waals surface area contributed by atoms with Crippen LogP contribution >= 0.6 is 23.2 Å². The van der Waals surface area contributed by atoms with Crippen molar-refractivity contribution in [2.75, 3.05) is 26.7 Å². The normalized spacial score (nSPS) is 19.8. The Bertz CT molecular complexity index is 1270. The van der Waals surface area contributed by atoms with E-state index in [4.69, 9.17) is 27.9 Å². The van der Waals surface area contributed by atoms with Gasteiger partial charge in [-0.05, 0) is 23.3 Å². The van der Waals surface area contributed by atoms with E-state index < -0.39 is 23.2 Å². The Labute approximate surface area is 228 Å². The predicted octanol–water partition coefficient (Wildman–Crippen LogP) is 3.49. The fourth-order valence-corrected chi connectivity index (χ4v) is 5.21. The predicted molar refractivity (Wildman–Crippen MR) is 139 cm³/mol. The van der Waals surface area contributed by atoms with Gasteiger partial charge in [0.05, 0.1) is 25.1 Å². The molecule has 2 aliphatic heterocycles. The standard InChI is InChI=1S/C25H25Cl2N5O6/c1-3-10-29-15-23(33)30-21(11-16-4-8-19(9-5-16)32(36)37)24(34)28(14-22(30)31(29)25(35)38-2)13-17-6-7-18(26)12-20(17)27/h3-9,12,21-22H,1,10-11,13-15H2,2H3/t21-,22?/m0/s1. The number of fused-ring (bicyclic) bond motifs is 1. The molecule has 2 aliphatic rings. The van der Waals surface area contributed by atoms with Crippen molar-refractivity contribution in [2.24, 2.45) is 0 Å². The lowest BCUT2D eigenvalue weighted by Gasteiger charge is -2.54. The molecule has 0 aliphatic carbocycles. The Balaban J connectivity index is 1.74. The van der Waals surface area contributed by atoms with Gasteiger partial charge in [0.1, 0.15) is 12.2 Å². The van der Waals surface area contributed by atoms with Crippen LogP contribution in [0.3, 0.4) is 0 Å². The highest BCUT2D eigenvalue weighted by Crippen LogP contribution is 2.31. The maximum absolute atomic E-state index is 13.8. The number of nitrogens with zero attached hydrogens (tertiary/aromatic N) is 5. The summed E-state index contributed by atoms with van der Waals surface area (Å²) in [6.07, 6.45) is 0.0880. The first-order valence-corrected chi connectivity index (χ1v) is 12.4. The van der Waals surface area contributed by atoms with E-state index in [0.717, 1.165) is 0 Å². The summed E-state index contributed by atoms with van der Waals surface area (Å²) in [5, 5.41) is 14.7. The van der Waals surface area contributed by atoms with Crippen LogP contribution in [0.25, 0.3) is 0 Å². The molecule has 2 aromatic rings. The molecule has 200 valence electrons. The van der Waals surface area contributed by atoms with Crippen molar-refractivity contribution in [3.05, 3.63) is 86.4 Å². The van der Waals surface area contributed by atoms with E-state index >= 15 is 0 Å². The van der Waals surface area contributed by atoms with Crippen molar-refractivity contribution in [3.63, 3.8) is 0 Å². The first-order valence-electron chi connectivity index (χ1n) is 11.6. The van der Waals surface area contributed by atoms with Gasteiger partial charge < -0.3 is 14.5 Å². The lowest BCUT2D eigenvalue weighted by Crippen LogP contribution is -2.75. The first kappa shape index (κ1) is 27.4. The summed E-state index contributed by atoms with van der Waals surface area (Å²) in [5.74, 6) is -0.692. The molecule has 0 aromatic heterocycles. The Morgan fingerprint density at radius 2 is 1.92 bits per heavy atom. The lowest BCUT2D eigenvalue weighted by molar-refractivity contribution is -0.384. The van der Waals surface area contributed by atoms with Crippen LogP contribution in [-0.4, -0.2) is 81.6 Å². The summed E-state index contributed by atoms with van der Waals surface area (Å²) < 4.78 is 5.02. The van der Waals surface area contributed by atoms with Gasteiger partial charge in [0, 0.05) is 41.7 Å². The molecule has 38 heavy (non-hydrogen) atoms. The van der Waals surface area contributed by atoms with Crippen LogP contribution in [0.4, 0.5) is 10.5 Å². The number of nitro groups is 1. The molecule has 0 saturated carbocycles. The zero-order valence-electron chi connectivity index (χ0n) is 20.5. The van der Waals surface area contributed by atoms with Crippen LogP contribution in [0.2, 0.25) is 10.0 Å². The topological polar surface area (TPSA) is 117 Å². The van der Waals surface area contributed by atoms with E-state index in [2.05, 4.69) is 6.58 Å². The van der Waals surface area contributed by atoms with E-state index in [9.17, 15) is 24.5 Å². The van der Waals surface area contributed by atoms with Gasteiger partial charge in [-0.2, -0.15) is 0 Å². The minimum absolute atomic E-state index is 0.00301. The number of rotatable bonds is 7. The third kappa shape index (κ3) is 5.45. The third-order valence-corrected chi connectivity index (χ3v) is 7.07. The summed E-state index contributed by atoms with van der Waals surface area (Å²) >= 11 is 12.4. The molecule has 1 unspecified atom stereocenters. The first-order chi connectivity index (χ1) is 18.1. The molecular formula is C25H25Cl2N5O6. The number of hydrogen-bond acceptors (Lipinski definition) is 7. The molecule has 4 rings (SSSR count). The van der Waals surface area contributed by atoms with Crippen LogP contribution in [0.15, 0.2) is 55.1 Å². The number of non-ortho nitro benzene ring substituents is 1. The van der Waals surface area contributed by atoms with Crippen molar-refractivity contribution < 1.29 is 24.0 Å². The van der Waals surface area contributed by atoms with E-state index in [0.29, 0.717) is 21.2 Å². The highest BCUT2D eigenvalue weighted by Gasteiger charge is 2.51. The van der Waals surface area contributed by atoms with Gasteiger partial charge in [-0.3, -0.25) is 19.7 Å². The number of ether oxygens (including phenoxy) is 1. The van der Waals surface area contributed by atoms with Crippen molar-refractivity contribution in [3.8, 4) is 0 Å². The minimum atomic E-state index is -0.980. The highest BCUT2D eigenvalue weighted by atomic mass is 35.5. The Morgan fingerprint density at radius 3 is 2.53 bits per heavy atom. The van der Waals surface area contributed by atoms with E-state index in [1.54, 1.807) is 36.4 Å². The fraction of sp³-hybridized carbons (Fsp3) is 0.320. The average molecular weight is 562 g/mol.